The molecule has 0 aliphatic carbocycles. The van der Waals surface area contributed by atoms with Crippen molar-refractivity contribution in [2.75, 3.05) is 0 Å². The Morgan fingerprint density at radius 1 is 0.630 bits per heavy atom. The Morgan fingerprint density at radius 2 is 1.26 bits per heavy atom. The minimum Gasteiger partial charge on any atom is -0.0984 e. The summed E-state index contributed by atoms with van der Waals surface area (Å²) in [7, 11) is 0. The quantitative estimate of drug-likeness (QED) is 0.285. The first-order chi connectivity index (χ1) is 13.3. The lowest BCUT2D eigenvalue weighted by Gasteiger charge is -2.16. The lowest BCUT2D eigenvalue weighted by molar-refractivity contribution is 1.67. The predicted molar refractivity (Wildman–Crippen MR) is 121 cm³/mol. The molecule has 0 atom stereocenters. The van der Waals surface area contributed by atoms with Gasteiger partial charge in [-0.2, -0.15) is 0 Å². The van der Waals surface area contributed by atoms with Crippen molar-refractivity contribution in [1.82, 2.24) is 0 Å². The molecule has 27 heavy (non-hydrogen) atoms. The molecule has 0 heterocycles. The lowest BCUT2D eigenvalue weighted by atomic mass is 9.87. The van der Waals surface area contributed by atoms with Crippen LogP contribution in [0, 0.1) is 0 Å². The summed E-state index contributed by atoms with van der Waals surface area (Å²) in [5, 5.41) is 10.4. The van der Waals surface area contributed by atoms with Crippen LogP contribution in [0.1, 0.15) is 18.1 Å². The molecular formula is C27H20. The summed E-state index contributed by atoms with van der Waals surface area (Å²) in [6.07, 6.45) is 6.27. The number of hydrogen-bond donors (Lipinski definition) is 0. The third kappa shape index (κ3) is 2.23. The summed E-state index contributed by atoms with van der Waals surface area (Å²) in [4.78, 5) is 0. The normalized spacial score (nSPS) is 11.9. The van der Waals surface area contributed by atoms with Gasteiger partial charge in [0.1, 0.15) is 0 Å². The van der Waals surface area contributed by atoms with Gasteiger partial charge in [-0.1, -0.05) is 97.6 Å². The third-order valence-corrected chi connectivity index (χ3v) is 5.52. The summed E-state index contributed by atoms with van der Waals surface area (Å²) in [5.74, 6) is 0. The largest absolute Gasteiger partial charge is 0.0984 e. The minimum absolute atomic E-state index is 1.21. The molecule has 0 heteroatoms. The summed E-state index contributed by atoms with van der Waals surface area (Å²) >= 11 is 0. The predicted octanol–water partition coefficient (Wildman–Crippen LogP) is 7.98. The van der Waals surface area contributed by atoms with Crippen molar-refractivity contribution < 1.29 is 0 Å². The summed E-state index contributed by atoms with van der Waals surface area (Å²) in [6, 6.07) is 26.4. The van der Waals surface area contributed by atoms with E-state index in [-0.39, 0.29) is 0 Å². The summed E-state index contributed by atoms with van der Waals surface area (Å²) < 4.78 is 0. The zero-order valence-electron chi connectivity index (χ0n) is 15.4. The Hall–Kier alpha value is -3.38. The SMILES string of the molecule is C=Cc1c(/C=C\C)ccc2c3ccccc3c3ccc4ccccc4c3c12. The van der Waals surface area contributed by atoms with Gasteiger partial charge in [0.25, 0.3) is 0 Å². The molecule has 5 rings (SSSR count). The average Bonchev–Trinajstić information content (AvgIpc) is 2.73. The topological polar surface area (TPSA) is 0 Å². The molecule has 0 bridgehead atoms. The van der Waals surface area contributed by atoms with Crippen molar-refractivity contribution in [3.63, 3.8) is 0 Å². The highest BCUT2D eigenvalue weighted by atomic mass is 14.2. The van der Waals surface area contributed by atoms with Crippen LogP contribution in [-0.4, -0.2) is 0 Å². The first-order valence-electron chi connectivity index (χ1n) is 9.37. The van der Waals surface area contributed by atoms with Gasteiger partial charge in [0.15, 0.2) is 0 Å². The second-order valence-corrected chi connectivity index (χ2v) is 6.95. The molecule has 0 unspecified atom stereocenters. The zero-order valence-corrected chi connectivity index (χ0v) is 15.4. The van der Waals surface area contributed by atoms with E-state index in [0.29, 0.717) is 0 Å². The van der Waals surface area contributed by atoms with Crippen LogP contribution < -0.4 is 0 Å². The molecule has 5 aromatic carbocycles. The van der Waals surface area contributed by atoms with Gasteiger partial charge in [-0.15, -0.1) is 0 Å². The number of hydrogen-bond acceptors (Lipinski definition) is 0. The monoisotopic (exact) mass is 344 g/mol. The fourth-order valence-corrected chi connectivity index (χ4v) is 4.39. The van der Waals surface area contributed by atoms with E-state index in [0.717, 1.165) is 0 Å². The minimum atomic E-state index is 1.21. The Bertz CT molecular complexity index is 1380. The Morgan fingerprint density at radius 3 is 1.96 bits per heavy atom. The van der Waals surface area contributed by atoms with E-state index in [1.807, 2.05) is 6.08 Å². The van der Waals surface area contributed by atoms with E-state index in [1.54, 1.807) is 0 Å². The van der Waals surface area contributed by atoms with Gasteiger partial charge in [0, 0.05) is 0 Å². The van der Waals surface area contributed by atoms with Gasteiger partial charge in [0.2, 0.25) is 0 Å². The highest BCUT2D eigenvalue weighted by molar-refractivity contribution is 6.33. The highest BCUT2D eigenvalue weighted by Gasteiger charge is 2.14. The van der Waals surface area contributed by atoms with Gasteiger partial charge in [-0.25, -0.2) is 0 Å². The number of fused-ring (bicyclic) bond motifs is 8. The zero-order chi connectivity index (χ0) is 18.4. The summed E-state index contributed by atoms with van der Waals surface area (Å²) in [6.45, 7) is 6.22. The van der Waals surface area contributed by atoms with Crippen LogP contribution in [0.15, 0.2) is 85.5 Å². The van der Waals surface area contributed by atoms with Gasteiger partial charge >= 0.3 is 0 Å². The van der Waals surface area contributed by atoms with Crippen LogP contribution in [0.2, 0.25) is 0 Å². The summed E-state index contributed by atoms with van der Waals surface area (Å²) in [5.41, 5.74) is 2.42. The molecule has 0 saturated carbocycles. The maximum absolute atomic E-state index is 4.16. The van der Waals surface area contributed by atoms with Crippen molar-refractivity contribution in [2.45, 2.75) is 6.92 Å². The molecule has 5 aromatic rings. The molecule has 128 valence electrons. The molecule has 0 radical (unpaired) electrons. The van der Waals surface area contributed by atoms with Crippen LogP contribution in [0.5, 0.6) is 0 Å². The first-order valence-corrected chi connectivity index (χ1v) is 9.37. The smallest absolute Gasteiger partial charge is 0.00141 e. The molecule has 0 nitrogen and oxygen atoms in total. The fraction of sp³-hybridized carbons (Fsp3) is 0.0370. The van der Waals surface area contributed by atoms with E-state index in [2.05, 4.69) is 98.5 Å². The second-order valence-electron chi connectivity index (χ2n) is 6.95. The first kappa shape index (κ1) is 15.8. The van der Waals surface area contributed by atoms with Gasteiger partial charge in [0.05, 0.1) is 0 Å². The molecule has 0 saturated heterocycles. The molecule has 0 fully saturated rings. The van der Waals surface area contributed by atoms with Gasteiger partial charge < -0.3 is 0 Å². The molecular weight excluding hydrogens is 324 g/mol. The van der Waals surface area contributed by atoms with E-state index in [1.165, 1.54) is 54.2 Å². The average molecular weight is 344 g/mol. The van der Waals surface area contributed by atoms with Crippen molar-refractivity contribution in [1.29, 1.82) is 0 Å². The number of allylic oxidation sites excluding steroid dienone is 1. The fourth-order valence-electron chi connectivity index (χ4n) is 4.39. The van der Waals surface area contributed by atoms with Gasteiger partial charge in [-0.05, 0) is 61.1 Å². The van der Waals surface area contributed by atoms with Crippen LogP contribution >= 0.6 is 0 Å². The van der Waals surface area contributed by atoms with Crippen LogP contribution in [-0.2, 0) is 0 Å². The van der Waals surface area contributed by atoms with Crippen molar-refractivity contribution in [3.05, 3.63) is 96.6 Å². The Balaban J connectivity index is 2.21. The number of benzene rings is 5. The third-order valence-electron chi connectivity index (χ3n) is 5.52. The van der Waals surface area contributed by atoms with E-state index in [9.17, 15) is 0 Å². The molecule has 0 amide bonds. The van der Waals surface area contributed by atoms with Crippen molar-refractivity contribution in [2.24, 2.45) is 0 Å². The van der Waals surface area contributed by atoms with E-state index >= 15 is 0 Å². The number of rotatable bonds is 2. The van der Waals surface area contributed by atoms with Crippen molar-refractivity contribution >= 4 is 55.2 Å². The second kappa shape index (κ2) is 6.10. The lowest BCUT2D eigenvalue weighted by Crippen LogP contribution is -1.90. The molecule has 0 aromatic heterocycles. The van der Waals surface area contributed by atoms with Crippen LogP contribution in [0.3, 0.4) is 0 Å². The molecule has 0 N–H and O–H groups in total. The maximum Gasteiger partial charge on any atom is -0.00141 e. The molecule has 0 spiro atoms. The Kier molecular flexibility index (Phi) is 3.58. The maximum atomic E-state index is 4.16. The highest BCUT2D eigenvalue weighted by Crippen LogP contribution is 2.41. The molecule has 0 aliphatic heterocycles. The van der Waals surface area contributed by atoms with Crippen LogP contribution in [0.25, 0.3) is 55.2 Å². The van der Waals surface area contributed by atoms with Gasteiger partial charge in [-0.3, -0.25) is 0 Å². The molecule has 0 aliphatic rings. The van der Waals surface area contributed by atoms with E-state index < -0.39 is 0 Å². The Labute approximate surface area is 159 Å². The van der Waals surface area contributed by atoms with Crippen molar-refractivity contribution in [3.8, 4) is 0 Å². The van der Waals surface area contributed by atoms with E-state index in [4.69, 9.17) is 0 Å². The standard InChI is InChI=1S/C27H20/c1-3-9-18-14-16-24-22-12-7-8-13-23(22)25-17-15-19-10-5-6-11-21(19)27(25)26(24)20(18)4-2/h3-17H,2H2,1H3/b9-3-. The van der Waals surface area contributed by atoms with Crippen LogP contribution in [0.4, 0.5) is 0 Å².